The smallest absolute Gasteiger partial charge is 0.175 e. The second kappa shape index (κ2) is 5.90. The van der Waals surface area contributed by atoms with Crippen molar-refractivity contribution < 1.29 is 8.42 Å². The third kappa shape index (κ3) is 3.85. The molecular formula is C17H21NO2S. The molecule has 0 aliphatic carbocycles. The third-order valence-corrected chi connectivity index (χ3v) is 4.68. The summed E-state index contributed by atoms with van der Waals surface area (Å²) in [7, 11) is -3.17. The van der Waals surface area contributed by atoms with Crippen LogP contribution in [0, 0.1) is 20.8 Å². The summed E-state index contributed by atoms with van der Waals surface area (Å²) in [6, 6.07) is 11.3. The Morgan fingerprint density at radius 1 is 1.00 bits per heavy atom. The molecule has 21 heavy (non-hydrogen) atoms. The topological polar surface area (TPSA) is 46.2 Å². The monoisotopic (exact) mass is 303 g/mol. The molecule has 0 amide bonds. The SMILES string of the molecule is Cc1cc(C)c(CNc2cccc(S(C)(=O)=O)c2)c(C)c1. The molecule has 0 unspecified atom stereocenters. The fourth-order valence-electron chi connectivity index (χ4n) is 2.52. The fourth-order valence-corrected chi connectivity index (χ4v) is 3.18. The van der Waals surface area contributed by atoms with Gasteiger partial charge >= 0.3 is 0 Å². The lowest BCUT2D eigenvalue weighted by Gasteiger charge is -2.13. The van der Waals surface area contributed by atoms with E-state index in [1.807, 2.05) is 6.07 Å². The largest absolute Gasteiger partial charge is 0.381 e. The molecule has 0 radical (unpaired) electrons. The highest BCUT2D eigenvalue weighted by Crippen LogP contribution is 2.20. The molecule has 0 aliphatic heterocycles. The lowest BCUT2D eigenvalue weighted by atomic mass is 10.00. The van der Waals surface area contributed by atoms with Gasteiger partial charge in [-0.05, 0) is 55.7 Å². The summed E-state index contributed by atoms with van der Waals surface area (Å²) in [4.78, 5) is 0.338. The lowest BCUT2D eigenvalue weighted by molar-refractivity contribution is 0.602. The van der Waals surface area contributed by atoms with E-state index in [9.17, 15) is 8.42 Å². The molecule has 0 spiro atoms. The third-order valence-electron chi connectivity index (χ3n) is 3.57. The molecule has 0 heterocycles. The average Bonchev–Trinajstić information content (AvgIpc) is 2.36. The molecule has 2 aromatic carbocycles. The molecule has 1 N–H and O–H groups in total. The van der Waals surface area contributed by atoms with Crippen LogP contribution in [0.4, 0.5) is 5.69 Å². The second-order valence-electron chi connectivity index (χ2n) is 5.53. The first-order chi connectivity index (χ1) is 9.77. The van der Waals surface area contributed by atoms with Crippen molar-refractivity contribution in [2.24, 2.45) is 0 Å². The van der Waals surface area contributed by atoms with E-state index in [2.05, 4.69) is 38.2 Å². The second-order valence-corrected chi connectivity index (χ2v) is 7.55. The minimum atomic E-state index is -3.17. The van der Waals surface area contributed by atoms with Crippen LogP contribution in [-0.2, 0) is 16.4 Å². The van der Waals surface area contributed by atoms with E-state index in [1.165, 1.54) is 28.5 Å². The number of rotatable bonds is 4. The molecule has 0 aliphatic rings. The van der Waals surface area contributed by atoms with E-state index < -0.39 is 9.84 Å². The van der Waals surface area contributed by atoms with Gasteiger partial charge in [-0.1, -0.05) is 23.8 Å². The molecule has 112 valence electrons. The van der Waals surface area contributed by atoms with Crippen LogP contribution < -0.4 is 5.32 Å². The Bertz CT molecular complexity index is 741. The van der Waals surface area contributed by atoms with Gasteiger partial charge in [0.25, 0.3) is 0 Å². The van der Waals surface area contributed by atoms with Crippen molar-refractivity contribution in [3.05, 3.63) is 58.7 Å². The van der Waals surface area contributed by atoms with Gasteiger partial charge in [-0.3, -0.25) is 0 Å². The first kappa shape index (κ1) is 15.6. The summed E-state index contributed by atoms with van der Waals surface area (Å²) in [5.41, 5.74) is 5.83. The summed E-state index contributed by atoms with van der Waals surface area (Å²) in [6.45, 7) is 6.98. The highest BCUT2D eigenvalue weighted by atomic mass is 32.2. The van der Waals surface area contributed by atoms with Crippen LogP contribution in [0.2, 0.25) is 0 Å². The Labute approximate surface area is 126 Å². The van der Waals surface area contributed by atoms with E-state index in [0.717, 1.165) is 5.69 Å². The van der Waals surface area contributed by atoms with Gasteiger partial charge in [0.2, 0.25) is 0 Å². The zero-order valence-corrected chi connectivity index (χ0v) is 13.7. The number of nitrogens with one attached hydrogen (secondary N) is 1. The van der Waals surface area contributed by atoms with Crippen molar-refractivity contribution >= 4 is 15.5 Å². The summed E-state index contributed by atoms with van der Waals surface area (Å²) in [5.74, 6) is 0. The Kier molecular flexibility index (Phi) is 4.37. The Morgan fingerprint density at radius 2 is 1.62 bits per heavy atom. The predicted octanol–water partition coefficient (Wildman–Crippen LogP) is 3.63. The fraction of sp³-hybridized carbons (Fsp3) is 0.294. The van der Waals surface area contributed by atoms with Gasteiger partial charge in [0.15, 0.2) is 9.84 Å². The van der Waals surface area contributed by atoms with Crippen LogP contribution >= 0.6 is 0 Å². The molecule has 4 heteroatoms. The van der Waals surface area contributed by atoms with E-state index in [0.29, 0.717) is 11.4 Å². The number of hydrogen-bond donors (Lipinski definition) is 1. The molecule has 2 aromatic rings. The highest BCUT2D eigenvalue weighted by Gasteiger charge is 2.08. The van der Waals surface area contributed by atoms with Crippen LogP contribution in [0.5, 0.6) is 0 Å². The first-order valence-electron chi connectivity index (χ1n) is 6.88. The maximum absolute atomic E-state index is 11.6. The van der Waals surface area contributed by atoms with Crippen LogP contribution in [0.25, 0.3) is 0 Å². The van der Waals surface area contributed by atoms with Crippen molar-refractivity contribution in [1.82, 2.24) is 0 Å². The number of anilines is 1. The van der Waals surface area contributed by atoms with Gasteiger partial charge < -0.3 is 5.32 Å². The molecule has 0 atom stereocenters. The minimum absolute atomic E-state index is 0.338. The first-order valence-corrected chi connectivity index (χ1v) is 8.77. The van der Waals surface area contributed by atoms with Crippen molar-refractivity contribution in [3.8, 4) is 0 Å². The van der Waals surface area contributed by atoms with Crippen molar-refractivity contribution in [2.75, 3.05) is 11.6 Å². The van der Waals surface area contributed by atoms with Gasteiger partial charge in [-0.2, -0.15) is 0 Å². The number of aryl methyl sites for hydroxylation is 3. The molecule has 0 saturated heterocycles. The Balaban J connectivity index is 2.21. The van der Waals surface area contributed by atoms with Gasteiger partial charge in [0.1, 0.15) is 0 Å². The zero-order chi connectivity index (χ0) is 15.6. The number of hydrogen-bond acceptors (Lipinski definition) is 3. The summed E-state index contributed by atoms with van der Waals surface area (Å²) < 4.78 is 23.2. The van der Waals surface area contributed by atoms with Crippen LogP contribution in [0.1, 0.15) is 22.3 Å². The number of sulfone groups is 1. The van der Waals surface area contributed by atoms with Crippen molar-refractivity contribution in [3.63, 3.8) is 0 Å². The van der Waals surface area contributed by atoms with E-state index in [4.69, 9.17) is 0 Å². The zero-order valence-electron chi connectivity index (χ0n) is 12.9. The van der Waals surface area contributed by atoms with Crippen LogP contribution in [0.15, 0.2) is 41.3 Å². The predicted molar refractivity (Wildman–Crippen MR) is 87.5 cm³/mol. The average molecular weight is 303 g/mol. The normalized spacial score (nSPS) is 11.4. The molecule has 3 nitrogen and oxygen atoms in total. The van der Waals surface area contributed by atoms with Gasteiger partial charge in [0, 0.05) is 18.5 Å². The summed E-state index contributed by atoms with van der Waals surface area (Å²) >= 11 is 0. The molecule has 0 aromatic heterocycles. The standard InChI is InChI=1S/C17H21NO2S/c1-12-8-13(2)17(14(3)9-12)11-18-15-6-5-7-16(10-15)21(4,19)20/h5-10,18H,11H2,1-4H3. The van der Waals surface area contributed by atoms with E-state index in [-0.39, 0.29) is 0 Å². The van der Waals surface area contributed by atoms with E-state index in [1.54, 1.807) is 18.2 Å². The molecule has 0 bridgehead atoms. The summed E-state index contributed by atoms with van der Waals surface area (Å²) in [5, 5.41) is 3.31. The number of benzene rings is 2. The van der Waals surface area contributed by atoms with Crippen molar-refractivity contribution in [2.45, 2.75) is 32.2 Å². The molecular weight excluding hydrogens is 282 g/mol. The highest BCUT2D eigenvalue weighted by molar-refractivity contribution is 7.90. The summed E-state index contributed by atoms with van der Waals surface area (Å²) in [6.07, 6.45) is 1.22. The van der Waals surface area contributed by atoms with E-state index >= 15 is 0 Å². The Hall–Kier alpha value is -1.81. The van der Waals surface area contributed by atoms with Gasteiger partial charge in [-0.25, -0.2) is 8.42 Å². The van der Waals surface area contributed by atoms with Crippen LogP contribution in [0.3, 0.4) is 0 Å². The Morgan fingerprint density at radius 3 is 2.19 bits per heavy atom. The molecule has 0 saturated carbocycles. The maximum atomic E-state index is 11.6. The van der Waals surface area contributed by atoms with Crippen molar-refractivity contribution in [1.29, 1.82) is 0 Å². The lowest BCUT2D eigenvalue weighted by Crippen LogP contribution is -2.05. The maximum Gasteiger partial charge on any atom is 0.175 e. The molecule has 2 rings (SSSR count). The van der Waals surface area contributed by atoms with Crippen LogP contribution in [-0.4, -0.2) is 14.7 Å². The quantitative estimate of drug-likeness (QED) is 0.938. The van der Waals surface area contributed by atoms with Gasteiger partial charge in [0.05, 0.1) is 4.90 Å². The van der Waals surface area contributed by atoms with Gasteiger partial charge in [-0.15, -0.1) is 0 Å². The minimum Gasteiger partial charge on any atom is -0.381 e. The molecule has 0 fully saturated rings.